The van der Waals surface area contributed by atoms with Crippen LogP contribution >= 0.6 is 0 Å². The third-order valence-electron chi connectivity index (χ3n) is 1.17. The van der Waals surface area contributed by atoms with Crippen molar-refractivity contribution in [3.63, 3.8) is 0 Å². The first-order valence-electron chi connectivity index (χ1n) is 2.38. The van der Waals surface area contributed by atoms with Gasteiger partial charge in [0, 0.05) is 0 Å². The minimum atomic E-state index is 0. The standard InChI is InChI=1S/C6H7.3HI.Ti/c1-6-4-2-3-5-6;;;;/h2,4H,3H2,1H3;3*1H;/q;;;;+3/p-3. The molecule has 0 saturated carbocycles. The van der Waals surface area contributed by atoms with Crippen LogP contribution in [0, 0.1) is 0 Å². The van der Waals surface area contributed by atoms with Crippen LogP contribution in [-0.2, 0) is 20.4 Å². The van der Waals surface area contributed by atoms with Crippen molar-refractivity contribution in [3.8, 4) is 0 Å². The SMILES string of the molecule is CC1=[C]([Ti+3])CC=C1.[I-].[I-].[I-]. The first-order valence-corrected chi connectivity index (χ1v) is 3.16. The van der Waals surface area contributed by atoms with Gasteiger partial charge in [-0.1, -0.05) is 0 Å². The van der Waals surface area contributed by atoms with Gasteiger partial charge in [-0.25, -0.2) is 0 Å². The average Bonchev–Trinajstić information content (AvgIpc) is 1.91. The Morgan fingerprint density at radius 3 is 1.90 bits per heavy atom. The summed E-state index contributed by atoms with van der Waals surface area (Å²) in [7, 11) is 0. The first-order chi connectivity index (χ1) is 3.30. The summed E-state index contributed by atoms with van der Waals surface area (Å²) in [6.45, 7) is 2.15. The Kier molecular flexibility index (Phi) is 17.3. The van der Waals surface area contributed by atoms with Crippen molar-refractivity contribution >= 4 is 0 Å². The second-order valence-corrected chi connectivity index (χ2v) is 2.71. The fourth-order valence-corrected chi connectivity index (χ4v) is 0.929. The minimum absolute atomic E-state index is 0. The molecule has 0 aromatic rings. The molecule has 56 valence electrons. The molecule has 0 aromatic heterocycles. The van der Waals surface area contributed by atoms with Gasteiger partial charge in [-0.2, -0.15) is 0 Å². The molecule has 1 aliphatic rings. The van der Waals surface area contributed by atoms with E-state index >= 15 is 0 Å². The number of halogens is 3. The van der Waals surface area contributed by atoms with E-state index < -0.39 is 0 Å². The Bertz CT molecular complexity index is 140. The molecule has 4 heteroatoms. The van der Waals surface area contributed by atoms with Crippen LogP contribution < -0.4 is 71.9 Å². The largest absolute Gasteiger partial charge is 1.00 e. The predicted molar refractivity (Wildman–Crippen MR) is 26.5 cm³/mol. The van der Waals surface area contributed by atoms with Gasteiger partial charge >= 0.3 is 55.4 Å². The van der Waals surface area contributed by atoms with Crippen molar-refractivity contribution in [3.05, 3.63) is 21.6 Å². The van der Waals surface area contributed by atoms with Gasteiger partial charge in [-0.05, 0) is 0 Å². The Balaban J connectivity index is -0.000000163. The molecule has 1 aliphatic carbocycles. The Hall–Kier alpha value is 2.38. The Morgan fingerprint density at radius 2 is 1.80 bits per heavy atom. The monoisotopic (exact) mass is 508 g/mol. The fraction of sp³-hybridized carbons (Fsp3) is 0.333. The molecule has 0 aliphatic heterocycles. The van der Waals surface area contributed by atoms with Gasteiger partial charge < -0.3 is 71.9 Å². The van der Waals surface area contributed by atoms with E-state index in [4.69, 9.17) is 0 Å². The van der Waals surface area contributed by atoms with E-state index in [1.807, 2.05) is 0 Å². The Morgan fingerprint density at radius 1 is 1.30 bits per heavy atom. The maximum absolute atomic E-state index is 2.20. The maximum atomic E-state index is 2.20. The molecule has 0 N–H and O–H groups in total. The molecule has 0 spiro atoms. The molecule has 0 aromatic carbocycles. The zero-order valence-electron chi connectivity index (χ0n) is 5.50. The normalized spacial score (nSPS) is 13.5. The summed E-state index contributed by atoms with van der Waals surface area (Å²) in [6.07, 6.45) is 5.55. The average molecular weight is 508 g/mol. The van der Waals surface area contributed by atoms with Crippen LogP contribution in [0.5, 0.6) is 0 Å². The molecule has 0 fully saturated rings. The van der Waals surface area contributed by atoms with Gasteiger partial charge in [-0.15, -0.1) is 0 Å². The quantitative estimate of drug-likeness (QED) is 0.226. The molecule has 10 heavy (non-hydrogen) atoms. The summed E-state index contributed by atoms with van der Waals surface area (Å²) in [6, 6.07) is 0. The van der Waals surface area contributed by atoms with Crippen LogP contribution in [0.1, 0.15) is 13.3 Å². The molecule has 0 atom stereocenters. The molecule has 0 radical (unpaired) electrons. The molecule has 0 heterocycles. The van der Waals surface area contributed by atoms with E-state index in [-0.39, 0.29) is 71.9 Å². The fourth-order valence-electron chi connectivity index (χ4n) is 0.615. The summed E-state index contributed by atoms with van der Waals surface area (Å²) < 4.78 is 1.51. The van der Waals surface area contributed by atoms with Gasteiger partial charge in [0.25, 0.3) is 0 Å². The van der Waals surface area contributed by atoms with Crippen LogP contribution in [0.4, 0.5) is 0 Å². The van der Waals surface area contributed by atoms with Crippen LogP contribution in [0.25, 0.3) is 0 Å². The molecule has 0 nitrogen and oxygen atoms in total. The van der Waals surface area contributed by atoms with E-state index in [0.29, 0.717) is 0 Å². The maximum Gasteiger partial charge on any atom is -1.00 e. The van der Waals surface area contributed by atoms with Crippen LogP contribution in [0.2, 0.25) is 0 Å². The van der Waals surface area contributed by atoms with E-state index in [1.54, 1.807) is 0 Å². The molecule has 0 saturated heterocycles. The van der Waals surface area contributed by atoms with Crippen molar-refractivity contribution < 1.29 is 92.4 Å². The van der Waals surface area contributed by atoms with E-state index in [2.05, 4.69) is 39.5 Å². The third-order valence-corrected chi connectivity index (χ3v) is 2.10. The summed E-state index contributed by atoms with van der Waals surface area (Å²) in [5, 5.41) is 0. The summed E-state index contributed by atoms with van der Waals surface area (Å²) in [5.74, 6) is 0. The van der Waals surface area contributed by atoms with Crippen molar-refractivity contribution in [2.45, 2.75) is 13.3 Å². The second-order valence-electron chi connectivity index (χ2n) is 1.77. The number of hydrogen-bond donors (Lipinski definition) is 0. The summed E-state index contributed by atoms with van der Waals surface area (Å²) >= 11 is 2.18. The van der Waals surface area contributed by atoms with Crippen LogP contribution in [0.15, 0.2) is 21.6 Å². The molecule has 0 bridgehead atoms. The smallest absolute Gasteiger partial charge is 1.00 e. The van der Waals surface area contributed by atoms with Crippen molar-refractivity contribution in [1.82, 2.24) is 0 Å². The van der Waals surface area contributed by atoms with E-state index in [0.717, 1.165) is 0 Å². The number of hydrogen-bond acceptors (Lipinski definition) is 0. The molecule has 1 rings (SSSR count). The van der Waals surface area contributed by atoms with Crippen LogP contribution in [0.3, 0.4) is 0 Å². The van der Waals surface area contributed by atoms with Crippen molar-refractivity contribution in [2.24, 2.45) is 0 Å². The zero-order valence-corrected chi connectivity index (χ0v) is 13.5. The van der Waals surface area contributed by atoms with Gasteiger partial charge in [0.1, 0.15) is 0 Å². The Labute approximate surface area is 125 Å². The molecular weight excluding hydrogens is 501 g/mol. The predicted octanol–water partition coefficient (Wildman–Crippen LogP) is -7.22. The van der Waals surface area contributed by atoms with E-state index in [9.17, 15) is 0 Å². The third kappa shape index (κ3) is 5.96. The van der Waals surface area contributed by atoms with Gasteiger partial charge in [0.15, 0.2) is 0 Å². The van der Waals surface area contributed by atoms with Gasteiger partial charge in [0.2, 0.25) is 0 Å². The topological polar surface area (TPSA) is 0 Å². The summed E-state index contributed by atoms with van der Waals surface area (Å²) in [5.41, 5.74) is 1.44. The number of rotatable bonds is 0. The zero-order chi connectivity index (χ0) is 5.28. The van der Waals surface area contributed by atoms with Crippen LogP contribution in [-0.4, -0.2) is 0 Å². The second kappa shape index (κ2) is 9.47. The van der Waals surface area contributed by atoms with E-state index in [1.165, 1.54) is 15.9 Å². The molecule has 0 amide bonds. The molecular formula is C6H7I3Ti. The van der Waals surface area contributed by atoms with Crippen molar-refractivity contribution in [2.75, 3.05) is 0 Å². The van der Waals surface area contributed by atoms with Gasteiger partial charge in [-0.3, -0.25) is 0 Å². The van der Waals surface area contributed by atoms with Crippen molar-refractivity contribution in [1.29, 1.82) is 0 Å². The van der Waals surface area contributed by atoms with Gasteiger partial charge in [0.05, 0.1) is 0 Å². The minimum Gasteiger partial charge on any atom is -1.00 e. The first kappa shape index (κ1) is 18.2. The number of allylic oxidation sites excluding steroid dienone is 4. The summed E-state index contributed by atoms with van der Waals surface area (Å²) in [4.78, 5) is 0. The molecule has 0 unspecified atom stereocenters.